The first-order valence-corrected chi connectivity index (χ1v) is 7.85. The fourth-order valence-corrected chi connectivity index (χ4v) is 2.21. The SMILES string of the molecule is CCOc1ccc(CC(=O)NCCc2nnnn2C(C)C)cc1. The van der Waals surface area contributed by atoms with Crippen molar-refractivity contribution in [3.05, 3.63) is 35.7 Å². The van der Waals surface area contributed by atoms with E-state index in [0.717, 1.165) is 17.1 Å². The van der Waals surface area contributed by atoms with Crippen LogP contribution in [-0.2, 0) is 17.6 Å². The minimum atomic E-state index is -0.0160. The maximum atomic E-state index is 12.0. The minimum absolute atomic E-state index is 0.0160. The van der Waals surface area contributed by atoms with E-state index in [1.54, 1.807) is 4.68 Å². The van der Waals surface area contributed by atoms with Crippen molar-refractivity contribution in [2.45, 2.75) is 39.7 Å². The summed E-state index contributed by atoms with van der Waals surface area (Å²) in [5.74, 6) is 1.58. The van der Waals surface area contributed by atoms with Gasteiger partial charge in [0.1, 0.15) is 5.75 Å². The van der Waals surface area contributed by atoms with Gasteiger partial charge in [-0.3, -0.25) is 4.79 Å². The van der Waals surface area contributed by atoms with Crippen LogP contribution in [0.1, 0.15) is 38.2 Å². The standard InChI is InChI=1S/C16H23N5O2/c1-4-23-14-7-5-13(6-8-14)11-16(22)17-10-9-15-18-19-20-21(15)12(2)3/h5-8,12H,4,9-11H2,1-3H3,(H,17,22). The molecule has 7 heteroatoms. The van der Waals surface area contributed by atoms with E-state index in [0.29, 0.717) is 26.0 Å². The molecule has 0 unspecified atom stereocenters. The van der Waals surface area contributed by atoms with Crippen LogP contribution in [0, 0.1) is 0 Å². The Kier molecular flexibility index (Phi) is 6.08. The molecule has 0 fully saturated rings. The van der Waals surface area contributed by atoms with Gasteiger partial charge < -0.3 is 10.1 Å². The first kappa shape index (κ1) is 16.9. The summed E-state index contributed by atoms with van der Waals surface area (Å²) in [6.07, 6.45) is 0.960. The monoisotopic (exact) mass is 317 g/mol. The fourth-order valence-electron chi connectivity index (χ4n) is 2.21. The lowest BCUT2D eigenvalue weighted by Gasteiger charge is -2.09. The van der Waals surface area contributed by atoms with Gasteiger partial charge in [-0.15, -0.1) is 5.10 Å². The molecule has 0 saturated heterocycles. The molecule has 1 heterocycles. The van der Waals surface area contributed by atoms with Gasteiger partial charge in [-0.2, -0.15) is 0 Å². The van der Waals surface area contributed by atoms with Crippen LogP contribution in [0.5, 0.6) is 5.75 Å². The molecule has 0 bridgehead atoms. The summed E-state index contributed by atoms with van der Waals surface area (Å²) < 4.78 is 7.14. The average molecular weight is 317 g/mol. The number of ether oxygens (including phenoxy) is 1. The van der Waals surface area contributed by atoms with Gasteiger partial charge >= 0.3 is 0 Å². The van der Waals surface area contributed by atoms with Crippen molar-refractivity contribution in [1.82, 2.24) is 25.5 Å². The molecule has 1 aromatic heterocycles. The minimum Gasteiger partial charge on any atom is -0.494 e. The highest BCUT2D eigenvalue weighted by Crippen LogP contribution is 2.12. The molecule has 124 valence electrons. The van der Waals surface area contributed by atoms with Crippen LogP contribution < -0.4 is 10.1 Å². The van der Waals surface area contributed by atoms with E-state index in [1.165, 1.54) is 0 Å². The molecule has 7 nitrogen and oxygen atoms in total. The van der Waals surface area contributed by atoms with E-state index in [1.807, 2.05) is 45.0 Å². The zero-order chi connectivity index (χ0) is 16.7. The highest BCUT2D eigenvalue weighted by molar-refractivity contribution is 5.78. The Morgan fingerprint density at radius 2 is 2.04 bits per heavy atom. The number of rotatable bonds is 8. The van der Waals surface area contributed by atoms with Crippen LogP contribution in [0.25, 0.3) is 0 Å². The van der Waals surface area contributed by atoms with Crippen LogP contribution in [0.4, 0.5) is 0 Å². The van der Waals surface area contributed by atoms with E-state index in [2.05, 4.69) is 20.8 Å². The van der Waals surface area contributed by atoms with Crippen LogP contribution in [0.2, 0.25) is 0 Å². The Bertz CT molecular complexity index is 622. The average Bonchev–Trinajstić information content (AvgIpc) is 2.98. The molecule has 0 spiro atoms. The molecule has 1 N–H and O–H groups in total. The summed E-state index contributed by atoms with van der Waals surface area (Å²) in [5.41, 5.74) is 0.956. The lowest BCUT2D eigenvalue weighted by atomic mass is 10.1. The molecule has 1 aromatic carbocycles. The molecular weight excluding hydrogens is 294 g/mol. The number of hydrogen-bond donors (Lipinski definition) is 1. The zero-order valence-electron chi connectivity index (χ0n) is 13.8. The molecule has 0 aliphatic rings. The summed E-state index contributed by atoms with van der Waals surface area (Å²) in [6, 6.07) is 7.78. The van der Waals surface area contributed by atoms with Crippen molar-refractivity contribution in [2.24, 2.45) is 0 Å². The molecular formula is C16H23N5O2. The van der Waals surface area contributed by atoms with Crippen molar-refractivity contribution in [1.29, 1.82) is 0 Å². The molecule has 2 rings (SSSR count). The summed E-state index contributed by atoms with van der Waals surface area (Å²) in [7, 11) is 0. The van der Waals surface area contributed by atoms with E-state index in [9.17, 15) is 4.79 Å². The summed E-state index contributed by atoms with van der Waals surface area (Å²) in [4.78, 5) is 12.0. The number of amides is 1. The number of tetrazole rings is 1. The molecule has 23 heavy (non-hydrogen) atoms. The Morgan fingerprint density at radius 1 is 1.30 bits per heavy atom. The lowest BCUT2D eigenvalue weighted by molar-refractivity contribution is -0.120. The quantitative estimate of drug-likeness (QED) is 0.799. The van der Waals surface area contributed by atoms with Crippen molar-refractivity contribution >= 4 is 5.91 Å². The van der Waals surface area contributed by atoms with Crippen LogP contribution >= 0.6 is 0 Å². The number of nitrogens with zero attached hydrogens (tertiary/aromatic N) is 4. The predicted octanol–water partition coefficient (Wildman–Crippen LogP) is 1.55. The Morgan fingerprint density at radius 3 is 2.70 bits per heavy atom. The maximum Gasteiger partial charge on any atom is 0.224 e. The van der Waals surface area contributed by atoms with E-state index < -0.39 is 0 Å². The molecule has 0 atom stereocenters. The summed E-state index contributed by atoms with van der Waals surface area (Å²) in [5, 5.41) is 14.5. The molecule has 0 aliphatic heterocycles. The zero-order valence-corrected chi connectivity index (χ0v) is 13.8. The lowest BCUT2D eigenvalue weighted by Crippen LogP contribution is -2.28. The molecule has 0 radical (unpaired) electrons. The van der Waals surface area contributed by atoms with Gasteiger partial charge in [-0.25, -0.2) is 4.68 Å². The second-order valence-electron chi connectivity index (χ2n) is 5.49. The number of carbonyl (C=O) groups excluding carboxylic acids is 1. The van der Waals surface area contributed by atoms with E-state index in [-0.39, 0.29) is 11.9 Å². The van der Waals surface area contributed by atoms with Crippen LogP contribution in [0.3, 0.4) is 0 Å². The topological polar surface area (TPSA) is 81.9 Å². The van der Waals surface area contributed by atoms with Gasteiger partial charge in [-0.05, 0) is 48.9 Å². The molecule has 2 aromatic rings. The van der Waals surface area contributed by atoms with Gasteiger partial charge in [0, 0.05) is 13.0 Å². The smallest absolute Gasteiger partial charge is 0.224 e. The van der Waals surface area contributed by atoms with Gasteiger partial charge in [0.25, 0.3) is 0 Å². The van der Waals surface area contributed by atoms with Crippen LogP contribution in [0.15, 0.2) is 24.3 Å². The van der Waals surface area contributed by atoms with Crippen molar-refractivity contribution in [2.75, 3.05) is 13.2 Å². The normalized spacial score (nSPS) is 10.8. The van der Waals surface area contributed by atoms with Crippen molar-refractivity contribution in [3.63, 3.8) is 0 Å². The highest BCUT2D eigenvalue weighted by atomic mass is 16.5. The number of benzene rings is 1. The number of nitrogens with one attached hydrogen (secondary N) is 1. The second kappa shape index (κ2) is 8.26. The van der Waals surface area contributed by atoms with Gasteiger partial charge in [0.05, 0.1) is 19.1 Å². The summed E-state index contributed by atoms with van der Waals surface area (Å²) in [6.45, 7) is 7.13. The maximum absolute atomic E-state index is 12.0. The largest absolute Gasteiger partial charge is 0.494 e. The Labute approximate surface area is 136 Å². The third kappa shape index (κ3) is 5.05. The number of hydrogen-bond acceptors (Lipinski definition) is 5. The Balaban J connectivity index is 1.77. The van der Waals surface area contributed by atoms with Gasteiger partial charge in [0.2, 0.25) is 5.91 Å². The van der Waals surface area contributed by atoms with E-state index >= 15 is 0 Å². The fraction of sp³-hybridized carbons (Fsp3) is 0.500. The number of carbonyl (C=O) groups is 1. The third-order valence-electron chi connectivity index (χ3n) is 3.32. The molecule has 1 amide bonds. The predicted molar refractivity (Wildman–Crippen MR) is 86.2 cm³/mol. The van der Waals surface area contributed by atoms with Crippen molar-refractivity contribution < 1.29 is 9.53 Å². The van der Waals surface area contributed by atoms with Crippen molar-refractivity contribution in [3.8, 4) is 5.75 Å². The second-order valence-corrected chi connectivity index (χ2v) is 5.49. The summed E-state index contributed by atoms with van der Waals surface area (Å²) >= 11 is 0. The van der Waals surface area contributed by atoms with E-state index in [4.69, 9.17) is 4.74 Å². The number of aromatic nitrogens is 4. The molecule has 0 aliphatic carbocycles. The van der Waals surface area contributed by atoms with Gasteiger partial charge in [0.15, 0.2) is 5.82 Å². The third-order valence-corrected chi connectivity index (χ3v) is 3.32. The highest BCUT2D eigenvalue weighted by Gasteiger charge is 2.09. The Hall–Kier alpha value is -2.44. The molecule has 0 saturated carbocycles. The first-order chi connectivity index (χ1) is 11.1. The first-order valence-electron chi connectivity index (χ1n) is 7.85. The van der Waals surface area contributed by atoms with Crippen LogP contribution in [-0.4, -0.2) is 39.3 Å². The van der Waals surface area contributed by atoms with Gasteiger partial charge in [-0.1, -0.05) is 12.1 Å².